The molecule has 0 fully saturated rings. The number of hydrogen-bond donors (Lipinski definition) is 1. The number of anilines is 1. The van der Waals surface area contributed by atoms with E-state index in [1.807, 2.05) is 13.2 Å². The Balaban J connectivity index is 2.97. The van der Waals surface area contributed by atoms with E-state index >= 15 is 0 Å². The molecule has 0 spiro atoms. The largest absolute Gasteiger partial charge is 0.396 e. The monoisotopic (exact) mass is 289 g/mol. The molecule has 0 saturated heterocycles. The first-order valence-corrected chi connectivity index (χ1v) is 8.42. The van der Waals surface area contributed by atoms with E-state index in [0.29, 0.717) is 0 Å². The van der Waals surface area contributed by atoms with Crippen LogP contribution >= 0.6 is 11.8 Å². The third kappa shape index (κ3) is 3.37. The smallest absolute Gasteiger partial charge is 0.262 e. The predicted octanol–water partition coefficient (Wildman–Crippen LogP) is 1.43. The van der Waals surface area contributed by atoms with Crippen molar-refractivity contribution in [2.45, 2.75) is 24.4 Å². The van der Waals surface area contributed by atoms with Crippen molar-refractivity contribution in [1.82, 2.24) is 9.29 Å². The van der Waals surface area contributed by atoms with Gasteiger partial charge in [0.15, 0.2) is 5.03 Å². The lowest BCUT2D eigenvalue weighted by molar-refractivity contribution is 0.381. The molecule has 18 heavy (non-hydrogen) atoms. The number of sulfonamides is 1. The Kier molecular flexibility index (Phi) is 5.43. The maximum atomic E-state index is 12.3. The van der Waals surface area contributed by atoms with E-state index < -0.39 is 10.0 Å². The summed E-state index contributed by atoms with van der Waals surface area (Å²) in [7, 11) is -2.05. The van der Waals surface area contributed by atoms with Crippen molar-refractivity contribution in [2.75, 3.05) is 24.8 Å². The van der Waals surface area contributed by atoms with Crippen LogP contribution in [-0.2, 0) is 10.0 Å². The van der Waals surface area contributed by atoms with Gasteiger partial charge in [0.25, 0.3) is 10.0 Å². The van der Waals surface area contributed by atoms with E-state index in [-0.39, 0.29) is 16.8 Å². The van der Waals surface area contributed by atoms with Crippen molar-refractivity contribution < 1.29 is 8.42 Å². The molecule has 102 valence electrons. The summed E-state index contributed by atoms with van der Waals surface area (Å²) in [5, 5.41) is -0.0662. The van der Waals surface area contributed by atoms with E-state index in [2.05, 4.69) is 4.98 Å². The molecule has 1 heterocycles. The number of aromatic nitrogens is 1. The summed E-state index contributed by atoms with van der Waals surface area (Å²) in [4.78, 5) is 3.87. The minimum atomic E-state index is -3.61. The van der Waals surface area contributed by atoms with Gasteiger partial charge in [0.2, 0.25) is 0 Å². The van der Waals surface area contributed by atoms with Crippen molar-refractivity contribution in [2.24, 2.45) is 0 Å². The summed E-state index contributed by atoms with van der Waals surface area (Å²) < 4.78 is 26.0. The number of thioether (sulfide) groups is 1. The second kappa shape index (κ2) is 6.40. The van der Waals surface area contributed by atoms with Crippen LogP contribution in [0.1, 0.15) is 13.3 Å². The van der Waals surface area contributed by atoms with Crippen molar-refractivity contribution in [3.63, 3.8) is 0 Å². The molecule has 0 aliphatic carbocycles. The summed E-state index contributed by atoms with van der Waals surface area (Å²) in [5.74, 6) is 0.915. The van der Waals surface area contributed by atoms with Gasteiger partial charge in [0.05, 0.1) is 5.69 Å². The number of nitrogens with two attached hydrogens (primary N) is 1. The highest BCUT2D eigenvalue weighted by Crippen LogP contribution is 2.21. The second-order valence-electron chi connectivity index (χ2n) is 4.05. The average molecular weight is 289 g/mol. The fourth-order valence-electron chi connectivity index (χ4n) is 1.46. The van der Waals surface area contributed by atoms with Gasteiger partial charge in [-0.15, -0.1) is 0 Å². The van der Waals surface area contributed by atoms with Gasteiger partial charge in [-0.2, -0.15) is 16.1 Å². The molecule has 1 aromatic heterocycles. The second-order valence-corrected chi connectivity index (χ2v) is 6.95. The summed E-state index contributed by atoms with van der Waals surface area (Å²) >= 11 is 1.70. The standard InChI is InChI=1S/C11H19N3O2S2/c1-9(6-8-17-3)14(2)18(15,16)11-10(12)5-4-7-13-11/h4-5,7,9H,6,8,12H2,1-3H3. The normalized spacial score (nSPS) is 13.8. The highest BCUT2D eigenvalue weighted by Gasteiger charge is 2.27. The first-order valence-electron chi connectivity index (χ1n) is 5.58. The van der Waals surface area contributed by atoms with Gasteiger partial charge in [-0.3, -0.25) is 0 Å². The molecular weight excluding hydrogens is 270 g/mol. The molecule has 0 aromatic carbocycles. The van der Waals surface area contributed by atoms with Crippen LogP contribution in [0.2, 0.25) is 0 Å². The molecule has 1 rings (SSSR count). The number of hydrogen-bond acceptors (Lipinski definition) is 5. The van der Waals surface area contributed by atoms with Crippen LogP contribution in [0.5, 0.6) is 0 Å². The van der Waals surface area contributed by atoms with Crippen LogP contribution in [0.4, 0.5) is 5.69 Å². The molecule has 7 heteroatoms. The summed E-state index contributed by atoms with van der Waals surface area (Å²) in [6, 6.07) is 3.08. The maximum absolute atomic E-state index is 12.3. The predicted molar refractivity (Wildman–Crippen MR) is 76.1 cm³/mol. The van der Waals surface area contributed by atoms with E-state index in [4.69, 9.17) is 5.73 Å². The highest BCUT2D eigenvalue weighted by atomic mass is 32.2. The van der Waals surface area contributed by atoms with Crippen LogP contribution in [0, 0.1) is 0 Å². The lowest BCUT2D eigenvalue weighted by atomic mass is 10.3. The SMILES string of the molecule is CSCCC(C)N(C)S(=O)(=O)c1ncccc1N. The van der Waals surface area contributed by atoms with Crippen LogP contribution in [0.15, 0.2) is 23.4 Å². The zero-order valence-electron chi connectivity index (χ0n) is 10.8. The molecule has 1 aromatic rings. The Morgan fingerprint density at radius 1 is 1.56 bits per heavy atom. The number of rotatable bonds is 6. The minimum absolute atomic E-state index is 0.0662. The minimum Gasteiger partial charge on any atom is -0.396 e. The maximum Gasteiger partial charge on any atom is 0.262 e. The van der Waals surface area contributed by atoms with Crippen LogP contribution < -0.4 is 5.73 Å². The first kappa shape index (κ1) is 15.3. The summed E-state index contributed by atoms with van der Waals surface area (Å²) in [6.07, 6.45) is 4.23. The highest BCUT2D eigenvalue weighted by molar-refractivity contribution is 7.98. The summed E-state index contributed by atoms with van der Waals surface area (Å²) in [6.45, 7) is 1.88. The zero-order chi connectivity index (χ0) is 13.8. The zero-order valence-corrected chi connectivity index (χ0v) is 12.5. The van der Waals surface area contributed by atoms with Gasteiger partial charge < -0.3 is 5.73 Å². The number of nitrogen functional groups attached to an aromatic ring is 1. The van der Waals surface area contributed by atoms with Crippen LogP contribution in [0.3, 0.4) is 0 Å². The van der Waals surface area contributed by atoms with Gasteiger partial charge in [-0.1, -0.05) is 0 Å². The molecule has 1 unspecified atom stereocenters. The third-order valence-corrected chi connectivity index (χ3v) is 5.38. The summed E-state index contributed by atoms with van der Waals surface area (Å²) in [5.41, 5.74) is 5.85. The van der Waals surface area contributed by atoms with Crippen LogP contribution in [0.25, 0.3) is 0 Å². The molecule has 0 aliphatic rings. The Morgan fingerprint density at radius 3 is 2.78 bits per heavy atom. The Bertz CT molecular complexity index is 491. The van der Waals surface area contributed by atoms with Gasteiger partial charge >= 0.3 is 0 Å². The van der Waals surface area contributed by atoms with E-state index in [1.165, 1.54) is 10.5 Å². The lowest BCUT2D eigenvalue weighted by Crippen LogP contribution is -2.36. The average Bonchev–Trinajstić information content (AvgIpc) is 2.35. The van der Waals surface area contributed by atoms with Gasteiger partial charge in [-0.25, -0.2) is 13.4 Å². The Hall–Kier alpha value is -0.790. The fraction of sp³-hybridized carbons (Fsp3) is 0.545. The van der Waals surface area contributed by atoms with Crippen molar-refractivity contribution in [3.05, 3.63) is 18.3 Å². The Morgan fingerprint density at radius 2 is 2.22 bits per heavy atom. The number of nitrogens with zero attached hydrogens (tertiary/aromatic N) is 2. The van der Waals surface area contributed by atoms with Crippen molar-refractivity contribution in [1.29, 1.82) is 0 Å². The first-order chi connectivity index (χ1) is 8.41. The molecular formula is C11H19N3O2S2. The molecule has 5 nitrogen and oxygen atoms in total. The molecule has 0 bridgehead atoms. The van der Waals surface area contributed by atoms with E-state index in [1.54, 1.807) is 30.9 Å². The third-order valence-electron chi connectivity index (χ3n) is 2.78. The molecule has 2 N–H and O–H groups in total. The molecule has 0 aliphatic heterocycles. The van der Waals surface area contributed by atoms with E-state index in [0.717, 1.165) is 12.2 Å². The number of pyridine rings is 1. The fourth-order valence-corrected chi connectivity index (χ4v) is 3.45. The van der Waals surface area contributed by atoms with Crippen LogP contribution in [-0.4, -0.2) is 42.8 Å². The van der Waals surface area contributed by atoms with Gasteiger partial charge in [-0.05, 0) is 37.5 Å². The lowest BCUT2D eigenvalue weighted by Gasteiger charge is -2.24. The van der Waals surface area contributed by atoms with Crippen molar-refractivity contribution in [3.8, 4) is 0 Å². The quantitative estimate of drug-likeness (QED) is 0.857. The molecule has 1 atom stereocenters. The van der Waals surface area contributed by atoms with Gasteiger partial charge in [0.1, 0.15) is 0 Å². The molecule has 0 amide bonds. The van der Waals surface area contributed by atoms with Gasteiger partial charge in [0, 0.05) is 19.3 Å². The Labute approximate surface area is 113 Å². The topological polar surface area (TPSA) is 76.3 Å². The molecule has 0 radical (unpaired) electrons. The molecule has 0 saturated carbocycles. The van der Waals surface area contributed by atoms with E-state index in [9.17, 15) is 8.42 Å². The van der Waals surface area contributed by atoms with Crippen molar-refractivity contribution >= 4 is 27.5 Å².